The fourth-order valence-electron chi connectivity index (χ4n) is 1.70. The van der Waals surface area contributed by atoms with Gasteiger partial charge < -0.3 is 9.47 Å². The highest BCUT2D eigenvalue weighted by Crippen LogP contribution is 2.40. The Kier molecular flexibility index (Phi) is 2.06. The molecule has 3 nitrogen and oxygen atoms in total. The van der Waals surface area contributed by atoms with Gasteiger partial charge >= 0.3 is 5.97 Å². The van der Waals surface area contributed by atoms with Crippen molar-refractivity contribution in [2.75, 3.05) is 13.2 Å². The van der Waals surface area contributed by atoms with E-state index in [2.05, 4.69) is 6.92 Å². The number of esters is 1. The van der Waals surface area contributed by atoms with Gasteiger partial charge in [-0.05, 0) is 19.3 Å². The van der Waals surface area contributed by atoms with Crippen LogP contribution in [0.1, 0.15) is 26.7 Å². The van der Waals surface area contributed by atoms with Crippen LogP contribution in [0.25, 0.3) is 0 Å². The van der Waals surface area contributed by atoms with Gasteiger partial charge in [-0.2, -0.15) is 0 Å². The molecule has 0 radical (unpaired) electrons. The van der Waals surface area contributed by atoms with Gasteiger partial charge in [0.05, 0.1) is 19.1 Å². The Morgan fingerprint density at radius 2 is 2.31 bits per heavy atom. The highest BCUT2D eigenvalue weighted by atomic mass is 16.6. The van der Waals surface area contributed by atoms with Gasteiger partial charge in [-0.1, -0.05) is 6.92 Å². The minimum atomic E-state index is -0.348. The van der Waals surface area contributed by atoms with Crippen molar-refractivity contribution in [1.29, 1.82) is 0 Å². The van der Waals surface area contributed by atoms with Crippen molar-refractivity contribution in [1.82, 2.24) is 0 Å². The number of carbonyl (C=O) groups excluding carboxylic acids is 1. The van der Waals surface area contributed by atoms with E-state index < -0.39 is 0 Å². The first-order chi connectivity index (χ1) is 6.11. The average Bonchev–Trinajstić information content (AvgIpc) is 2.63. The number of ether oxygens (including phenoxy) is 2. The Labute approximate surface area is 78.4 Å². The molecule has 0 aromatic rings. The normalized spacial score (nSPS) is 43.2. The first-order valence-corrected chi connectivity index (χ1v) is 4.91. The van der Waals surface area contributed by atoms with E-state index in [4.69, 9.17) is 9.47 Å². The van der Waals surface area contributed by atoms with Gasteiger partial charge in [-0.3, -0.25) is 4.79 Å². The monoisotopic (exact) mass is 184 g/mol. The van der Waals surface area contributed by atoms with E-state index in [9.17, 15) is 4.79 Å². The zero-order valence-corrected chi connectivity index (χ0v) is 8.21. The molecule has 74 valence electrons. The second-order valence-electron chi connectivity index (χ2n) is 4.49. The van der Waals surface area contributed by atoms with E-state index in [1.807, 2.05) is 6.92 Å². The third-order valence-corrected chi connectivity index (χ3v) is 2.94. The maximum absolute atomic E-state index is 11.5. The fourth-order valence-corrected chi connectivity index (χ4v) is 1.70. The summed E-state index contributed by atoms with van der Waals surface area (Å²) < 4.78 is 10.6. The van der Waals surface area contributed by atoms with Gasteiger partial charge in [-0.15, -0.1) is 0 Å². The van der Waals surface area contributed by atoms with Gasteiger partial charge in [0.2, 0.25) is 0 Å². The van der Waals surface area contributed by atoms with Crippen LogP contribution in [0.15, 0.2) is 0 Å². The molecule has 1 heterocycles. The highest BCUT2D eigenvalue weighted by Gasteiger charge is 2.44. The van der Waals surface area contributed by atoms with Crippen molar-refractivity contribution < 1.29 is 14.3 Å². The Hall–Kier alpha value is -0.570. The predicted molar refractivity (Wildman–Crippen MR) is 47.2 cm³/mol. The summed E-state index contributed by atoms with van der Waals surface area (Å²) in [4.78, 5) is 11.5. The zero-order chi connectivity index (χ0) is 9.47. The van der Waals surface area contributed by atoms with Crippen LogP contribution in [0.2, 0.25) is 0 Å². The second kappa shape index (κ2) is 2.98. The summed E-state index contributed by atoms with van der Waals surface area (Å²) in [6, 6.07) is 0. The largest absolute Gasteiger partial charge is 0.457 e. The summed E-state index contributed by atoms with van der Waals surface area (Å²) >= 11 is 0. The summed E-state index contributed by atoms with van der Waals surface area (Å²) in [6.07, 6.45) is 1.83. The molecule has 3 unspecified atom stereocenters. The van der Waals surface area contributed by atoms with Crippen LogP contribution >= 0.6 is 0 Å². The van der Waals surface area contributed by atoms with E-state index in [0.29, 0.717) is 19.1 Å². The van der Waals surface area contributed by atoms with Crippen LogP contribution in [0.5, 0.6) is 0 Å². The van der Waals surface area contributed by atoms with E-state index >= 15 is 0 Å². The van der Waals surface area contributed by atoms with Crippen molar-refractivity contribution in [3.05, 3.63) is 0 Å². The molecular formula is C10H16O3. The van der Waals surface area contributed by atoms with Crippen molar-refractivity contribution in [2.24, 2.45) is 11.8 Å². The van der Waals surface area contributed by atoms with E-state index in [0.717, 1.165) is 12.8 Å². The molecule has 1 saturated heterocycles. The lowest BCUT2D eigenvalue weighted by molar-refractivity contribution is -0.160. The molecule has 1 saturated carbocycles. The quantitative estimate of drug-likeness (QED) is 0.608. The molecule has 0 aromatic heterocycles. The molecule has 0 N–H and O–H groups in total. The molecule has 3 heteroatoms. The van der Waals surface area contributed by atoms with Crippen molar-refractivity contribution in [3.63, 3.8) is 0 Å². The van der Waals surface area contributed by atoms with Gasteiger partial charge in [-0.25, -0.2) is 0 Å². The summed E-state index contributed by atoms with van der Waals surface area (Å²) in [6.45, 7) is 5.30. The standard InChI is InChI=1S/C10H16O3/c1-7-5-8(7)9(11)13-10(2)3-4-12-6-10/h7-8H,3-6H2,1-2H3. The minimum absolute atomic E-state index is 0.0273. The maximum Gasteiger partial charge on any atom is 0.309 e. The average molecular weight is 184 g/mol. The number of rotatable bonds is 2. The van der Waals surface area contributed by atoms with Crippen LogP contribution in [-0.2, 0) is 14.3 Å². The summed E-state index contributed by atoms with van der Waals surface area (Å²) in [5, 5.41) is 0. The van der Waals surface area contributed by atoms with E-state index in [-0.39, 0.29) is 17.5 Å². The zero-order valence-electron chi connectivity index (χ0n) is 8.21. The Morgan fingerprint density at radius 3 is 2.77 bits per heavy atom. The van der Waals surface area contributed by atoms with Gasteiger partial charge in [0.25, 0.3) is 0 Å². The minimum Gasteiger partial charge on any atom is -0.457 e. The Morgan fingerprint density at radius 1 is 1.62 bits per heavy atom. The number of hydrogen-bond donors (Lipinski definition) is 0. The van der Waals surface area contributed by atoms with E-state index in [1.165, 1.54) is 0 Å². The molecule has 2 fully saturated rings. The number of hydrogen-bond acceptors (Lipinski definition) is 3. The summed E-state index contributed by atoms with van der Waals surface area (Å²) in [7, 11) is 0. The third-order valence-electron chi connectivity index (χ3n) is 2.94. The molecule has 1 aliphatic heterocycles. The molecule has 0 aromatic carbocycles. The van der Waals surface area contributed by atoms with Crippen molar-refractivity contribution >= 4 is 5.97 Å². The Balaban J connectivity index is 1.86. The van der Waals surface area contributed by atoms with Crippen molar-refractivity contribution in [3.8, 4) is 0 Å². The maximum atomic E-state index is 11.5. The predicted octanol–water partition coefficient (Wildman–Crippen LogP) is 1.36. The first kappa shape index (κ1) is 9.00. The molecule has 2 aliphatic rings. The lowest BCUT2D eigenvalue weighted by Crippen LogP contribution is -2.32. The lowest BCUT2D eigenvalue weighted by atomic mass is 10.1. The smallest absolute Gasteiger partial charge is 0.309 e. The molecule has 1 aliphatic carbocycles. The van der Waals surface area contributed by atoms with Gasteiger partial charge in [0.1, 0.15) is 5.60 Å². The van der Waals surface area contributed by atoms with Gasteiger partial charge in [0.15, 0.2) is 0 Å². The molecule has 3 atom stereocenters. The van der Waals surface area contributed by atoms with Crippen molar-refractivity contribution in [2.45, 2.75) is 32.3 Å². The van der Waals surface area contributed by atoms with Gasteiger partial charge in [0, 0.05) is 6.42 Å². The fraction of sp³-hybridized carbons (Fsp3) is 0.900. The van der Waals surface area contributed by atoms with Crippen LogP contribution in [0.4, 0.5) is 0 Å². The van der Waals surface area contributed by atoms with Crippen LogP contribution in [0.3, 0.4) is 0 Å². The number of carbonyl (C=O) groups is 1. The summed E-state index contributed by atoms with van der Waals surface area (Å²) in [5.74, 6) is 0.663. The Bertz CT molecular complexity index is 218. The molecule has 0 bridgehead atoms. The summed E-state index contributed by atoms with van der Waals surface area (Å²) in [5.41, 5.74) is -0.348. The molecular weight excluding hydrogens is 168 g/mol. The molecule has 13 heavy (non-hydrogen) atoms. The first-order valence-electron chi connectivity index (χ1n) is 4.91. The second-order valence-corrected chi connectivity index (χ2v) is 4.49. The van der Waals surface area contributed by atoms with Crippen LogP contribution < -0.4 is 0 Å². The lowest BCUT2D eigenvalue weighted by Gasteiger charge is -2.22. The molecule has 0 amide bonds. The van der Waals surface area contributed by atoms with Crippen LogP contribution in [-0.4, -0.2) is 24.8 Å². The topological polar surface area (TPSA) is 35.5 Å². The third kappa shape index (κ3) is 1.85. The SMILES string of the molecule is CC1CC1C(=O)OC1(C)CCOC1. The molecule has 0 spiro atoms. The molecule has 2 rings (SSSR count). The van der Waals surface area contributed by atoms with E-state index in [1.54, 1.807) is 0 Å². The highest BCUT2D eigenvalue weighted by molar-refractivity contribution is 5.76. The van der Waals surface area contributed by atoms with Crippen LogP contribution in [0, 0.1) is 11.8 Å².